The highest BCUT2D eigenvalue weighted by Crippen LogP contribution is 2.16. The van der Waals surface area contributed by atoms with Crippen molar-refractivity contribution in [2.75, 3.05) is 12.3 Å². The van der Waals surface area contributed by atoms with E-state index in [1.165, 1.54) is 5.56 Å². The van der Waals surface area contributed by atoms with E-state index in [1.54, 1.807) is 0 Å². The first kappa shape index (κ1) is 11.5. The Morgan fingerprint density at radius 1 is 1.44 bits per heavy atom. The predicted octanol–water partition coefficient (Wildman–Crippen LogP) is 2.55. The zero-order valence-electron chi connectivity index (χ0n) is 9.36. The first-order valence-electron chi connectivity index (χ1n) is 5.47. The molecule has 0 aliphatic carbocycles. The number of rotatable bonds is 5. The van der Waals surface area contributed by atoms with Gasteiger partial charge in [-0.1, -0.05) is 6.07 Å². The van der Waals surface area contributed by atoms with Crippen LogP contribution < -0.4 is 5.32 Å². The Morgan fingerprint density at radius 2 is 2.31 bits per heavy atom. The van der Waals surface area contributed by atoms with Crippen LogP contribution >= 0.6 is 12.6 Å². The third-order valence-corrected chi connectivity index (χ3v) is 2.72. The first-order valence-corrected chi connectivity index (χ1v) is 6.10. The Morgan fingerprint density at radius 3 is 3.12 bits per heavy atom. The molecule has 2 rings (SSSR count). The molecule has 0 spiro atoms. The van der Waals surface area contributed by atoms with E-state index < -0.39 is 0 Å². The number of hydrogen-bond acceptors (Lipinski definition) is 4. The van der Waals surface area contributed by atoms with E-state index in [9.17, 15) is 0 Å². The van der Waals surface area contributed by atoms with Crippen LogP contribution in [-0.4, -0.2) is 17.3 Å². The molecule has 0 bridgehead atoms. The molecule has 4 heteroatoms. The van der Waals surface area contributed by atoms with Crippen molar-refractivity contribution in [2.45, 2.75) is 19.9 Å². The normalized spacial score (nSPS) is 11.1. The summed E-state index contributed by atoms with van der Waals surface area (Å²) in [6, 6.07) is 6.12. The molecule has 0 radical (unpaired) electrons. The summed E-state index contributed by atoms with van der Waals surface area (Å²) in [5.41, 5.74) is 3.03. The van der Waals surface area contributed by atoms with E-state index in [0.29, 0.717) is 0 Å². The summed E-state index contributed by atoms with van der Waals surface area (Å²) in [4.78, 5) is 4.31. The van der Waals surface area contributed by atoms with E-state index in [0.717, 1.165) is 42.3 Å². The average molecular weight is 236 g/mol. The van der Waals surface area contributed by atoms with Gasteiger partial charge in [0.1, 0.15) is 5.52 Å². The van der Waals surface area contributed by atoms with Crippen molar-refractivity contribution in [3.8, 4) is 0 Å². The van der Waals surface area contributed by atoms with Crippen molar-refractivity contribution in [1.29, 1.82) is 0 Å². The number of hydrogen-bond donors (Lipinski definition) is 2. The van der Waals surface area contributed by atoms with Gasteiger partial charge in [0.15, 0.2) is 11.5 Å². The van der Waals surface area contributed by atoms with Gasteiger partial charge in [0.05, 0.1) is 0 Å². The van der Waals surface area contributed by atoms with Crippen molar-refractivity contribution in [3.63, 3.8) is 0 Å². The fraction of sp³-hybridized carbons (Fsp3) is 0.417. The molecule has 2 aromatic rings. The highest BCUT2D eigenvalue weighted by atomic mass is 32.1. The molecular weight excluding hydrogens is 220 g/mol. The van der Waals surface area contributed by atoms with Crippen molar-refractivity contribution >= 4 is 23.7 Å². The second-order valence-electron chi connectivity index (χ2n) is 3.79. The van der Waals surface area contributed by atoms with E-state index in [2.05, 4.69) is 35.1 Å². The fourth-order valence-electron chi connectivity index (χ4n) is 1.63. The van der Waals surface area contributed by atoms with Crippen LogP contribution in [-0.2, 0) is 6.54 Å². The SMILES string of the molecule is Cc1nc2cc(CNCCCS)ccc2o1. The van der Waals surface area contributed by atoms with Gasteiger partial charge in [-0.2, -0.15) is 12.6 Å². The molecule has 16 heavy (non-hydrogen) atoms. The maximum atomic E-state index is 5.42. The predicted molar refractivity (Wildman–Crippen MR) is 68.9 cm³/mol. The topological polar surface area (TPSA) is 38.1 Å². The van der Waals surface area contributed by atoms with E-state index >= 15 is 0 Å². The van der Waals surface area contributed by atoms with Crippen LogP contribution in [0.2, 0.25) is 0 Å². The van der Waals surface area contributed by atoms with Gasteiger partial charge in [-0.3, -0.25) is 0 Å². The highest BCUT2D eigenvalue weighted by Gasteiger charge is 2.02. The second-order valence-corrected chi connectivity index (χ2v) is 4.24. The minimum Gasteiger partial charge on any atom is -0.441 e. The third-order valence-electron chi connectivity index (χ3n) is 2.40. The third kappa shape index (κ3) is 2.77. The Balaban J connectivity index is 2.02. The monoisotopic (exact) mass is 236 g/mol. The number of thiol groups is 1. The lowest BCUT2D eigenvalue weighted by Gasteiger charge is -2.03. The molecule has 3 nitrogen and oxygen atoms in total. The van der Waals surface area contributed by atoms with Crippen LogP contribution in [0.1, 0.15) is 17.9 Å². The number of benzene rings is 1. The smallest absolute Gasteiger partial charge is 0.192 e. The second kappa shape index (κ2) is 5.37. The van der Waals surface area contributed by atoms with Crippen LogP contribution in [0.4, 0.5) is 0 Å². The maximum Gasteiger partial charge on any atom is 0.192 e. The van der Waals surface area contributed by atoms with Gasteiger partial charge in [-0.25, -0.2) is 4.98 Å². The van der Waals surface area contributed by atoms with Crippen LogP contribution in [0.3, 0.4) is 0 Å². The van der Waals surface area contributed by atoms with Crippen molar-refractivity contribution < 1.29 is 4.42 Å². The van der Waals surface area contributed by atoms with Crippen molar-refractivity contribution in [3.05, 3.63) is 29.7 Å². The van der Waals surface area contributed by atoms with Crippen LogP contribution in [0.25, 0.3) is 11.1 Å². The summed E-state index contributed by atoms with van der Waals surface area (Å²) in [5.74, 6) is 1.64. The average Bonchev–Trinajstić information content (AvgIpc) is 2.64. The lowest BCUT2D eigenvalue weighted by Crippen LogP contribution is -2.14. The molecular formula is C12H16N2OS. The van der Waals surface area contributed by atoms with Gasteiger partial charge in [-0.15, -0.1) is 0 Å². The molecule has 0 atom stereocenters. The Labute approximate surface area is 101 Å². The zero-order chi connectivity index (χ0) is 11.4. The molecule has 0 aliphatic heterocycles. The van der Waals surface area contributed by atoms with Gasteiger partial charge >= 0.3 is 0 Å². The van der Waals surface area contributed by atoms with Crippen molar-refractivity contribution in [2.24, 2.45) is 0 Å². The summed E-state index contributed by atoms with van der Waals surface area (Å²) < 4.78 is 5.42. The first-order chi connectivity index (χ1) is 7.79. The highest BCUT2D eigenvalue weighted by molar-refractivity contribution is 7.80. The molecule has 1 N–H and O–H groups in total. The Kier molecular flexibility index (Phi) is 3.85. The number of aromatic nitrogens is 1. The molecule has 86 valence electrons. The van der Waals surface area contributed by atoms with Crippen molar-refractivity contribution in [1.82, 2.24) is 10.3 Å². The number of nitrogens with zero attached hydrogens (tertiary/aromatic N) is 1. The summed E-state index contributed by atoms with van der Waals surface area (Å²) in [6.07, 6.45) is 1.09. The number of aryl methyl sites for hydroxylation is 1. The molecule has 0 saturated heterocycles. The molecule has 0 aliphatic rings. The summed E-state index contributed by atoms with van der Waals surface area (Å²) in [5, 5.41) is 3.37. The molecule has 1 aromatic heterocycles. The van der Waals surface area contributed by atoms with E-state index in [-0.39, 0.29) is 0 Å². The lowest BCUT2D eigenvalue weighted by molar-refractivity contribution is 0.561. The van der Waals surface area contributed by atoms with Gasteiger partial charge in [0, 0.05) is 13.5 Å². The quantitative estimate of drug-likeness (QED) is 0.619. The molecule has 0 unspecified atom stereocenters. The Hall–Kier alpha value is -1.00. The molecule has 1 heterocycles. The van der Waals surface area contributed by atoms with E-state index in [4.69, 9.17) is 4.42 Å². The summed E-state index contributed by atoms with van der Waals surface area (Å²) >= 11 is 4.17. The number of nitrogens with one attached hydrogen (secondary N) is 1. The molecule has 0 saturated carbocycles. The number of oxazole rings is 1. The maximum absolute atomic E-state index is 5.42. The molecule has 0 fully saturated rings. The van der Waals surface area contributed by atoms with Crippen LogP contribution in [0.5, 0.6) is 0 Å². The van der Waals surface area contributed by atoms with Gasteiger partial charge in [0.25, 0.3) is 0 Å². The minimum atomic E-state index is 0.718. The number of fused-ring (bicyclic) bond motifs is 1. The Bertz CT molecular complexity index is 467. The molecule has 1 aromatic carbocycles. The molecule has 0 amide bonds. The zero-order valence-corrected chi connectivity index (χ0v) is 10.3. The minimum absolute atomic E-state index is 0.718. The summed E-state index contributed by atoms with van der Waals surface area (Å²) in [6.45, 7) is 3.74. The standard InChI is InChI=1S/C12H16N2OS/c1-9-14-11-7-10(3-4-12(11)15-9)8-13-5-2-6-16/h3-4,7,13,16H,2,5-6,8H2,1H3. The van der Waals surface area contributed by atoms with Gasteiger partial charge < -0.3 is 9.73 Å². The fourth-order valence-corrected chi connectivity index (χ4v) is 1.79. The van der Waals surface area contributed by atoms with E-state index in [1.807, 2.05) is 13.0 Å². The van der Waals surface area contributed by atoms with Crippen LogP contribution in [0.15, 0.2) is 22.6 Å². The lowest BCUT2D eigenvalue weighted by atomic mass is 10.2. The van der Waals surface area contributed by atoms with Gasteiger partial charge in [-0.05, 0) is 36.4 Å². The summed E-state index contributed by atoms with van der Waals surface area (Å²) in [7, 11) is 0. The van der Waals surface area contributed by atoms with Gasteiger partial charge in [0.2, 0.25) is 0 Å². The van der Waals surface area contributed by atoms with Crippen LogP contribution in [0, 0.1) is 6.92 Å². The largest absolute Gasteiger partial charge is 0.441 e.